The van der Waals surface area contributed by atoms with Gasteiger partial charge in [0.25, 0.3) is 5.91 Å². The van der Waals surface area contributed by atoms with Crippen molar-refractivity contribution in [3.8, 4) is 0 Å². The van der Waals surface area contributed by atoms with Gasteiger partial charge in [0.05, 0.1) is 11.6 Å². The Bertz CT molecular complexity index is 868. The third-order valence-electron chi connectivity index (χ3n) is 3.77. The normalized spacial score (nSPS) is 12.3. The third-order valence-corrected chi connectivity index (χ3v) is 3.77. The number of aromatic amines is 1. The van der Waals surface area contributed by atoms with Crippen LogP contribution in [0, 0.1) is 0 Å². The SMILES string of the molecule is CC(c1ccon1)N(C)C(=O)c1cc(=O)[nH]c2ccccc12. The van der Waals surface area contributed by atoms with E-state index in [4.69, 9.17) is 4.52 Å². The maximum atomic E-state index is 12.8. The molecule has 1 N–H and O–H groups in total. The van der Waals surface area contributed by atoms with E-state index in [-0.39, 0.29) is 17.5 Å². The summed E-state index contributed by atoms with van der Waals surface area (Å²) in [5.41, 5.74) is 1.37. The van der Waals surface area contributed by atoms with Crippen molar-refractivity contribution in [1.29, 1.82) is 0 Å². The summed E-state index contributed by atoms with van der Waals surface area (Å²) >= 11 is 0. The lowest BCUT2D eigenvalue weighted by Gasteiger charge is -2.23. The Morgan fingerprint density at radius 3 is 2.82 bits per heavy atom. The highest BCUT2D eigenvalue weighted by molar-refractivity contribution is 6.05. The van der Waals surface area contributed by atoms with Crippen LogP contribution >= 0.6 is 0 Å². The topological polar surface area (TPSA) is 79.2 Å². The Morgan fingerprint density at radius 2 is 2.09 bits per heavy atom. The zero-order chi connectivity index (χ0) is 15.7. The summed E-state index contributed by atoms with van der Waals surface area (Å²) in [5, 5.41) is 4.57. The molecular weight excluding hydrogens is 282 g/mol. The summed E-state index contributed by atoms with van der Waals surface area (Å²) in [6.07, 6.45) is 1.47. The first-order valence-electron chi connectivity index (χ1n) is 6.87. The minimum absolute atomic E-state index is 0.238. The first kappa shape index (κ1) is 14.1. The van der Waals surface area contributed by atoms with E-state index < -0.39 is 0 Å². The van der Waals surface area contributed by atoms with E-state index in [2.05, 4.69) is 10.1 Å². The number of H-pyrrole nitrogens is 1. The molecule has 112 valence electrons. The minimum Gasteiger partial charge on any atom is -0.364 e. The third kappa shape index (κ3) is 2.39. The number of aromatic nitrogens is 2. The van der Waals surface area contributed by atoms with Gasteiger partial charge in [-0.3, -0.25) is 9.59 Å². The molecule has 0 spiro atoms. The predicted molar refractivity (Wildman–Crippen MR) is 81.6 cm³/mol. The van der Waals surface area contributed by atoms with Gasteiger partial charge in [0.1, 0.15) is 12.0 Å². The molecule has 0 aliphatic carbocycles. The molecule has 2 heterocycles. The second-order valence-corrected chi connectivity index (χ2v) is 5.11. The van der Waals surface area contributed by atoms with Crippen LogP contribution in [0.2, 0.25) is 0 Å². The van der Waals surface area contributed by atoms with Crippen molar-refractivity contribution in [2.45, 2.75) is 13.0 Å². The highest BCUT2D eigenvalue weighted by atomic mass is 16.5. The molecule has 6 nitrogen and oxygen atoms in total. The van der Waals surface area contributed by atoms with Crippen LogP contribution in [0.15, 0.2) is 52.0 Å². The molecule has 22 heavy (non-hydrogen) atoms. The van der Waals surface area contributed by atoms with Crippen LogP contribution < -0.4 is 5.56 Å². The summed E-state index contributed by atoms with van der Waals surface area (Å²) in [6, 6.07) is 10.0. The molecule has 0 aliphatic rings. The van der Waals surface area contributed by atoms with Crippen LogP contribution in [-0.4, -0.2) is 28.0 Å². The summed E-state index contributed by atoms with van der Waals surface area (Å²) in [7, 11) is 1.68. The molecule has 1 amide bonds. The fraction of sp³-hybridized carbons (Fsp3) is 0.188. The summed E-state index contributed by atoms with van der Waals surface area (Å²) in [5.74, 6) is -0.238. The van der Waals surface area contributed by atoms with E-state index in [1.807, 2.05) is 25.1 Å². The highest BCUT2D eigenvalue weighted by Crippen LogP contribution is 2.22. The summed E-state index contributed by atoms with van der Waals surface area (Å²) in [4.78, 5) is 28.8. The number of nitrogens with one attached hydrogen (secondary N) is 1. The van der Waals surface area contributed by atoms with Crippen molar-refractivity contribution in [1.82, 2.24) is 15.0 Å². The Kier molecular flexibility index (Phi) is 3.50. The molecule has 3 aromatic rings. The maximum absolute atomic E-state index is 12.8. The average molecular weight is 297 g/mol. The summed E-state index contributed by atoms with van der Waals surface area (Å²) in [6.45, 7) is 1.85. The van der Waals surface area contributed by atoms with Crippen molar-refractivity contribution in [3.63, 3.8) is 0 Å². The number of carbonyl (C=O) groups is 1. The number of hydrogen-bond donors (Lipinski definition) is 1. The Balaban J connectivity index is 2.03. The molecule has 0 aliphatic heterocycles. The van der Waals surface area contributed by atoms with Crippen molar-refractivity contribution in [2.75, 3.05) is 7.05 Å². The number of pyridine rings is 1. The fourth-order valence-electron chi connectivity index (χ4n) is 2.38. The number of carbonyl (C=O) groups excluding carboxylic acids is 1. The minimum atomic E-state index is -0.301. The fourth-order valence-corrected chi connectivity index (χ4v) is 2.38. The van der Waals surface area contributed by atoms with E-state index in [0.29, 0.717) is 22.2 Å². The number of nitrogens with zero attached hydrogens (tertiary/aromatic N) is 2. The van der Waals surface area contributed by atoms with Crippen LogP contribution in [0.25, 0.3) is 10.9 Å². The van der Waals surface area contributed by atoms with E-state index in [1.165, 1.54) is 12.3 Å². The molecule has 6 heteroatoms. The predicted octanol–water partition coefficient (Wildman–Crippen LogP) is 2.35. The van der Waals surface area contributed by atoms with Gasteiger partial charge >= 0.3 is 0 Å². The van der Waals surface area contributed by atoms with Crippen LogP contribution in [-0.2, 0) is 0 Å². The second kappa shape index (κ2) is 5.48. The van der Waals surface area contributed by atoms with Crippen molar-refractivity contribution in [2.24, 2.45) is 0 Å². The lowest BCUT2D eigenvalue weighted by molar-refractivity contribution is 0.0739. The first-order chi connectivity index (χ1) is 10.6. The van der Waals surface area contributed by atoms with E-state index in [9.17, 15) is 9.59 Å². The second-order valence-electron chi connectivity index (χ2n) is 5.11. The van der Waals surface area contributed by atoms with E-state index in [0.717, 1.165) is 0 Å². The van der Waals surface area contributed by atoms with Gasteiger partial charge < -0.3 is 14.4 Å². The van der Waals surface area contributed by atoms with Crippen molar-refractivity contribution >= 4 is 16.8 Å². The quantitative estimate of drug-likeness (QED) is 0.804. The number of fused-ring (bicyclic) bond motifs is 1. The number of para-hydroxylation sites is 1. The zero-order valence-corrected chi connectivity index (χ0v) is 12.2. The molecule has 0 saturated carbocycles. The van der Waals surface area contributed by atoms with Crippen LogP contribution in [0.3, 0.4) is 0 Å². The first-order valence-corrected chi connectivity index (χ1v) is 6.87. The zero-order valence-electron chi connectivity index (χ0n) is 12.2. The average Bonchev–Trinajstić information content (AvgIpc) is 3.06. The molecule has 1 unspecified atom stereocenters. The lowest BCUT2D eigenvalue weighted by Crippen LogP contribution is -2.30. The molecule has 3 rings (SSSR count). The lowest BCUT2D eigenvalue weighted by atomic mass is 10.1. The van der Waals surface area contributed by atoms with Gasteiger partial charge in [-0.25, -0.2) is 0 Å². The van der Waals surface area contributed by atoms with Gasteiger partial charge in [-0.15, -0.1) is 0 Å². The van der Waals surface area contributed by atoms with Crippen molar-refractivity contribution < 1.29 is 9.32 Å². The number of rotatable bonds is 3. The molecule has 0 radical (unpaired) electrons. The standard InChI is InChI=1S/C16H15N3O3/c1-10(13-7-8-22-18-13)19(2)16(21)12-9-15(20)17-14-6-4-3-5-11(12)14/h3-10H,1-2H3,(H,17,20). The Hall–Kier alpha value is -2.89. The molecule has 0 saturated heterocycles. The van der Waals surface area contributed by atoms with Crippen molar-refractivity contribution in [3.05, 3.63) is 64.3 Å². The van der Waals surface area contributed by atoms with Crippen LogP contribution in [0.1, 0.15) is 29.0 Å². The molecule has 1 aromatic carbocycles. The Morgan fingerprint density at radius 1 is 1.32 bits per heavy atom. The van der Waals surface area contributed by atoms with Crippen LogP contribution in [0.5, 0.6) is 0 Å². The highest BCUT2D eigenvalue weighted by Gasteiger charge is 2.22. The summed E-state index contributed by atoms with van der Waals surface area (Å²) < 4.78 is 4.82. The van der Waals surface area contributed by atoms with E-state index in [1.54, 1.807) is 24.1 Å². The van der Waals surface area contributed by atoms with Gasteiger partial charge in [-0.1, -0.05) is 23.4 Å². The van der Waals surface area contributed by atoms with Gasteiger partial charge in [0.2, 0.25) is 5.56 Å². The van der Waals surface area contributed by atoms with Gasteiger partial charge in [-0.05, 0) is 13.0 Å². The maximum Gasteiger partial charge on any atom is 0.255 e. The Labute approximate surface area is 126 Å². The molecular formula is C16H15N3O3. The largest absolute Gasteiger partial charge is 0.364 e. The molecule has 0 fully saturated rings. The smallest absolute Gasteiger partial charge is 0.255 e. The number of amides is 1. The monoisotopic (exact) mass is 297 g/mol. The molecule has 1 atom stereocenters. The van der Waals surface area contributed by atoms with E-state index >= 15 is 0 Å². The molecule has 0 bridgehead atoms. The number of hydrogen-bond acceptors (Lipinski definition) is 4. The molecule has 2 aromatic heterocycles. The van der Waals surface area contributed by atoms with Gasteiger partial charge in [0.15, 0.2) is 0 Å². The van der Waals surface area contributed by atoms with Gasteiger partial charge in [-0.2, -0.15) is 0 Å². The van der Waals surface area contributed by atoms with Crippen LogP contribution in [0.4, 0.5) is 0 Å². The van der Waals surface area contributed by atoms with Gasteiger partial charge in [0, 0.05) is 30.1 Å². The number of benzene rings is 1.